The number of benzene rings is 2. The van der Waals surface area contributed by atoms with E-state index >= 15 is 0 Å². The summed E-state index contributed by atoms with van der Waals surface area (Å²) in [6.45, 7) is 7.00. The first-order valence-electron chi connectivity index (χ1n) is 8.81. The molecule has 0 heterocycles. The van der Waals surface area contributed by atoms with Crippen molar-refractivity contribution in [3.63, 3.8) is 0 Å². The van der Waals surface area contributed by atoms with Crippen molar-refractivity contribution < 1.29 is 19.1 Å². The Labute approximate surface area is 164 Å². The zero-order valence-electron chi connectivity index (χ0n) is 15.6. The largest absolute Gasteiger partial charge is 0.425 e. The van der Waals surface area contributed by atoms with Crippen molar-refractivity contribution in [1.82, 2.24) is 0 Å². The number of ether oxygens (including phenoxy) is 2. The Morgan fingerprint density at radius 1 is 0.786 bits per heavy atom. The minimum absolute atomic E-state index is 0.251. The van der Waals surface area contributed by atoms with Crippen LogP contribution in [0, 0.1) is 0 Å². The van der Waals surface area contributed by atoms with E-state index in [4.69, 9.17) is 20.9 Å². The molecule has 28 heavy (non-hydrogen) atoms. The number of nitrogens with two attached hydrogens (primary N) is 2. The van der Waals surface area contributed by atoms with Crippen LogP contribution in [0.25, 0.3) is 11.1 Å². The second-order valence-electron chi connectivity index (χ2n) is 6.00. The van der Waals surface area contributed by atoms with Gasteiger partial charge in [0.2, 0.25) is 0 Å². The average molecular weight is 380 g/mol. The zero-order chi connectivity index (χ0) is 20.5. The van der Waals surface area contributed by atoms with Crippen LogP contribution in [0.2, 0.25) is 0 Å². The summed E-state index contributed by atoms with van der Waals surface area (Å²) in [5.41, 5.74) is 13.9. The Balaban J connectivity index is 2.66. The van der Waals surface area contributed by atoms with Crippen molar-refractivity contribution >= 4 is 11.9 Å². The molecular weight excluding hydrogens is 356 g/mol. The van der Waals surface area contributed by atoms with Crippen LogP contribution < -0.4 is 20.9 Å². The van der Waals surface area contributed by atoms with E-state index in [1.165, 1.54) is 0 Å². The van der Waals surface area contributed by atoms with Gasteiger partial charge in [-0.2, -0.15) is 0 Å². The van der Waals surface area contributed by atoms with Crippen LogP contribution in [-0.4, -0.2) is 25.0 Å². The van der Waals surface area contributed by atoms with Gasteiger partial charge in [0, 0.05) is 11.1 Å². The number of allylic oxidation sites excluding steroid dienone is 2. The number of hydrogen-bond donors (Lipinski definition) is 2. The van der Waals surface area contributed by atoms with Gasteiger partial charge in [0.05, 0.1) is 13.1 Å². The van der Waals surface area contributed by atoms with E-state index in [2.05, 4.69) is 13.2 Å². The van der Waals surface area contributed by atoms with E-state index in [0.717, 1.165) is 11.1 Å². The van der Waals surface area contributed by atoms with Gasteiger partial charge in [-0.1, -0.05) is 24.3 Å². The van der Waals surface area contributed by atoms with Gasteiger partial charge in [-0.3, -0.25) is 9.59 Å². The minimum Gasteiger partial charge on any atom is -0.425 e. The highest BCUT2D eigenvalue weighted by Crippen LogP contribution is 2.38. The zero-order valence-corrected chi connectivity index (χ0v) is 15.6. The van der Waals surface area contributed by atoms with Crippen molar-refractivity contribution in [2.45, 2.75) is 12.8 Å². The molecule has 2 aromatic carbocycles. The molecule has 0 fully saturated rings. The van der Waals surface area contributed by atoms with E-state index in [1.54, 1.807) is 24.3 Å². The SMILES string of the molecule is C=CCc1ccc(OC(=O)CN)c(-c2cc(CC=C)ccc2OC(=O)CN)c1. The molecule has 0 radical (unpaired) electrons. The molecule has 0 unspecified atom stereocenters. The number of rotatable bonds is 9. The smallest absolute Gasteiger partial charge is 0.325 e. The molecule has 0 spiro atoms. The fraction of sp³-hybridized carbons (Fsp3) is 0.182. The van der Waals surface area contributed by atoms with Crippen molar-refractivity contribution in [3.05, 3.63) is 72.8 Å². The lowest BCUT2D eigenvalue weighted by Gasteiger charge is -2.16. The van der Waals surface area contributed by atoms with Crippen molar-refractivity contribution in [2.75, 3.05) is 13.1 Å². The lowest BCUT2D eigenvalue weighted by molar-refractivity contribution is -0.133. The third kappa shape index (κ3) is 5.39. The molecule has 0 aliphatic rings. The third-order valence-electron chi connectivity index (χ3n) is 3.92. The maximum absolute atomic E-state index is 11.8. The number of hydrogen-bond acceptors (Lipinski definition) is 6. The summed E-state index contributed by atoms with van der Waals surface area (Å²) in [5.74, 6) is -0.492. The Hall–Kier alpha value is -3.22. The van der Waals surface area contributed by atoms with Gasteiger partial charge in [0.1, 0.15) is 11.5 Å². The summed E-state index contributed by atoms with van der Waals surface area (Å²) in [5, 5.41) is 0. The number of carbonyl (C=O) groups excluding carboxylic acids is 2. The highest BCUT2D eigenvalue weighted by molar-refractivity contribution is 5.84. The highest BCUT2D eigenvalue weighted by atomic mass is 16.5. The second kappa shape index (κ2) is 10.2. The molecule has 0 saturated carbocycles. The van der Waals surface area contributed by atoms with Gasteiger partial charge in [0.15, 0.2) is 0 Å². The molecule has 6 heteroatoms. The summed E-state index contributed by atoms with van der Waals surface area (Å²) in [4.78, 5) is 23.6. The molecule has 0 atom stereocenters. The molecule has 4 N–H and O–H groups in total. The van der Waals surface area contributed by atoms with E-state index in [-0.39, 0.29) is 13.1 Å². The molecule has 146 valence electrons. The van der Waals surface area contributed by atoms with Crippen LogP contribution >= 0.6 is 0 Å². The van der Waals surface area contributed by atoms with Crippen LogP contribution in [0.1, 0.15) is 11.1 Å². The van der Waals surface area contributed by atoms with E-state index < -0.39 is 11.9 Å². The molecule has 0 bridgehead atoms. The Morgan fingerprint density at radius 2 is 1.18 bits per heavy atom. The van der Waals surface area contributed by atoms with Crippen LogP contribution in [-0.2, 0) is 22.4 Å². The third-order valence-corrected chi connectivity index (χ3v) is 3.92. The lowest BCUT2D eigenvalue weighted by Crippen LogP contribution is -2.20. The molecule has 0 amide bonds. The van der Waals surface area contributed by atoms with E-state index in [9.17, 15) is 9.59 Å². The van der Waals surface area contributed by atoms with Crippen molar-refractivity contribution in [1.29, 1.82) is 0 Å². The fourth-order valence-electron chi connectivity index (χ4n) is 2.67. The molecule has 0 aliphatic heterocycles. The normalized spacial score (nSPS) is 10.2. The molecular formula is C22H24N2O4. The Bertz CT molecular complexity index is 817. The van der Waals surface area contributed by atoms with Gasteiger partial charge in [0.25, 0.3) is 0 Å². The summed E-state index contributed by atoms with van der Waals surface area (Å²) in [6, 6.07) is 10.8. The maximum Gasteiger partial charge on any atom is 0.325 e. The Kier molecular flexibility index (Phi) is 7.68. The molecule has 2 aromatic rings. The average Bonchev–Trinajstić information content (AvgIpc) is 2.70. The number of carbonyl (C=O) groups is 2. The van der Waals surface area contributed by atoms with Crippen molar-refractivity contribution in [3.8, 4) is 22.6 Å². The standard InChI is InChI=1S/C22H24N2O4/c1-3-5-15-7-9-19(27-21(25)13-23)17(11-15)18-12-16(6-4-2)8-10-20(18)28-22(26)14-24/h3-4,7-12H,1-2,5-6,13-14,23-24H2. The van der Waals surface area contributed by atoms with Crippen LogP contribution in [0.3, 0.4) is 0 Å². The van der Waals surface area contributed by atoms with Gasteiger partial charge >= 0.3 is 11.9 Å². The first kappa shape index (κ1) is 21.1. The van der Waals surface area contributed by atoms with E-state index in [1.807, 2.05) is 24.3 Å². The molecule has 0 aromatic heterocycles. The summed E-state index contributed by atoms with van der Waals surface area (Å²) in [7, 11) is 0. The maximum atomic E-state index is 11.8. The quantitative estimate of drug-likeness (QED) is 0.393. The first-order chi connectivity index (χ1) is 13.5. The fourth-order valence-corrected chi connectivity index (χ4v) is 2.67. The summed E-state index contributed by atoms with van der Waals surface area (Å²) < 4.78 is 10.8. The minimum atomic E-state index is -0.569. The van der Waals surface area contributed by atoms with Gasteiger partial charge < -0.3 is 20.9 Å². The van der Waals surface area contributed by atoms with Gasteiger partial charge in [-0.15, -0.1) is 13.2 Å². The summed E-state index contributed by atoms with van der Waals surface area (Å²) >= 11 is 0. The van der Waals surface area contributed by atoms with Crippen LogP contribution in [0.4, 0.5) is 0 Å². The lowest BCUT2D eigenvalue weighted by atomic mass is 9.97. The Morgan fingerprint density at radius 3 is 1.50 bits per heavy atom. The first-order valence-corrected chi connectivity index (χ1v) is 8.81. The van der Waals surface area contributed by atoms with Crippen LogP contribution in [0.5, 0.6) is 11.5 Å². The highest BCUT2D eigenvalue weighted by Gasteiger charge is 2.17. The topological polar surface area (TPSA) is 105 Å². The monoisotopic (exact) mass is 380 g/mol. The predicted octanol–water partition coefficient (Wildman–Crippen LogP) is 2.54. The van der Waals surface area contributed by atoms with Crippen LogP contribution in [0.15, 0.2) is 61.7 Å². The predicted molar refractivity (Wildman–Crippen MR) is 109 cm³/mol. The molecule has 0 aliphatic carbocycles. The summed E-state index contributed by atoms with van der Waals surface area (Å²) in [6.07, 6.45) is 4.80. The second-order valence-corrected chi connectivity index (χ2v) is 6.00. The van der Waals surface area contributed by atoms with Gasteiger partial charge in [-0.05, 0) is 48.2 Å². The molecule has 6 nitrogen and oxygen atoms in total. The van der Waals surface area contributed by atoms with Crippen molar-refractivity contribution in [2.24, 2.45) is 11.5 Å². The molecule has 2 rings (SSSR count). The van der Waals surface area contributed by atoms with Gasteiger partial charge in [-0.25, -0.2) is 0 Å². The number of esters is 2. The van der Waals surface area contributed by atoms with E-state index in [0.29, 0.717) is 35.5 Å². The molecule has 0 saturated heterocycles.